The van der Waals surface area contributed by atoms with Gasteiger partial charge in [-0.25, -0.2) is 0 Å². The minimum absolute atomic E-state index is 0.464. The minimum Gasteiger partial charge on any atom is -0.0616 e. The highest BCUT2D eigenvalue weighted by Gasteiger charge is 2.20. The standard InChI is InChI=1S/C22H20Si/c1-15-14-21-19(12-7-13-20(21)22(15)23(2)3)18-11-6-9-16-8-4-5-10-17(16)18/h4-14H,1-3H3. The summed E-state index contributed by atoms with van der Waals surface area (Å²) in [5.41, 5.74) is 7.00. The summed E-state index contributed by atoms with van der Waals surface area (Å²) in [5, 5.41) is 4.23. The van der Waals surface area contributed by atoms with Gasteiger partial charge in [-0.1, -0.05) is 79.8 Å². The number of allylic oxidation sites excluding steroid dienone is 1. The van der Waals surface area contributed by atoms with E-state index in [1.165, 1.54) is 38.6 Å². The molecule has 0 aliphatic heterocycles. The van der Waals surface area contributed by atoms with Gasteiger partial charge < -0.3 is 0 Å². The first-order chi connectivity index (χ1) is 11.2. The highest BCUT2D eigenvalue weighted by Crippen LogP contribution is 2.37. The molecule has 1 heteroatoms. The van der Waals surface area contributed by atoms with Crippen molar-refractivity contribution < 1.29 is 0 Å². The van der Waals surface area contributed by atoms with E-state index in [4.69, 9.17) is 0 Å². The molecule has 3 aromatic rings. The second-order valence-electron chi connectivity index (χ2n) is 6.50. The molecule has 0 aromatic heterocycles. The van der Waals surface area contributed by atoms with Crippen molar-refractivity contribution in [1.82, 2.24) is 0 Å². The van der Waals surface area contributed by atoms with E-state index in [1.54, 1.807) is 5.17 Å². The zero-order valence-corrected chi connectivity index (χ0v) is 14.9. The number of rotatable bonds is 1. The van der Waals surface area contributed by atoms with Crippen LogP contribution in [0.3, 0.4) is 0 Å². The molecule has 3 aromatic carbocycles. The van der Waals surface area contributed by atoms with Crippen LogP contribution in [-0.2, 0) is 0 Å². The topological polar surface area (TPSA) is 0 Å². The van der Waals surface area contributed by atoms with E-state index >= 15 is 0 Å². The largest absolute Gasteiger partial charge is 0.0616 e. The fraction of sp³-hybridized carbons (Fsp3) is 0.136. The minimum atomic E-state index is -0.464. The molecule has 0 heterocycles. The molecule has 0 saturated heterocycles. The van der Waals surface area contributed by atoms with Crippen molar-refractivity contribution in [2.24, 2.45) is 0 Å². The lowest BCUT2D eigenvalue weighted by Gasteiger charge is -2.12. The molecule has 4 rings (SSSR count). The lowest BCUT2D eigenvalue weighted by molar-refractivity contribution is 1.61. The molecule has 1 aliphatic carbocycles. The van der Waals surface area contributed by atoms with Crippen molar-refractivity contribution in [3.63, 3.8) is 0 Å². The van der Waals surface area contributed by atoms with Gasteiger partial charge in [0.1, 0.15) is 0 Å². The Bertz CT molecular complexity index is 981. The van der Waals surface area contributed by atoms with Crippen molar-refractivity contribution in [3.05, 3.63) is 77.4 Å². The summed E-state index contributed by atoms with van der Waals surface area (Å²) in [4.78, 5) is 0. The van der Waals surface area contributed by atoms with Crippen LogP contribution in [0.1, 0.15) is 18.1 Å². The van der Waals surface area contributed by atoms with Crippen LogP contribution in [-0.4, -0.2) is 13.6 Å². The summed E-state index contributed by atoms with van der Waals surface area (Å²) in [7, 11) is -0.464. The maximum atomic E-state index is 2.39. The Labute approximate surface area is 139 Å². The molecule has 0 radical (unpaired) electrons. The molecular formula is C22H20Si. The summed E-state index contributed by atoms with van der Waals surface area (Å²) >= 11 is 0. The lowest BCUT2D eigenvalue weighted by atomic mass is 9.93. The third kappa shape index (κ3) is 2.24. The van der Waals surface area contributed by atoms with Gasteiger partial charge in [-0.3, -0.25) is 0 Å². The Balaban J connectivity index is 2.05. The SMILES string of the molecule is CC1=Cc2c(cccc2-c2cccc3ccccc23)C1=[Si](C)C. The Kier molecular flexibility index (Phi) is 3.39. The van der Waals surface area contributed by atoms with Crippen molar-refractivity contribution in [2.45, 2.75) is 20.0 Å². The van der Waals surface area contributed by atoms with Crippen molar-refractivity contribution in [3.8, 4) is 11.1 Å². The maximum Gasteiger partial charge on any atom is 0.0139 e. The predicted molar refractivity (Wildman–Crippen MR) is 105 cm³/mol. The number of hydrogen-bond donors (Lipinski definition) is 0. The van der Waals surface area contributed by atoms with Crippen molar-refractivity contribution in [2.75, 3.05) is 0 Å². The zero-order valence-electron chi connectivity index (χ0n) is 13.9. The molecular weight excluding hydrogens is 292 g/mol. The zero-order chi connectivity index (χ0) is 16.0. The number of benzene rings is 3. The summed E-state index contributed by atoms with van der Waals surface area (Å²) in [6.45, 7) is 7.04. The second kappa shape index (κ2) is 5.43. The van der Waals surface area contributed by atoms with Gasteiger partial charge in [-0.2, -0.15) is 0 Å². The van der Waals surface area contributed by atoms with Crippen molar-refractivity contribution >= 4 is 30.4 Å². The molecule has 23 heavy (non-hydrogen) atoms. The Morgan fingerprint density at radius 1 is 0.696 bits per heavy atom. The highest BCUT2D eigenvalue weighted by molar-refractivity contribution is 6.75. The molecule has 0 nitrogen and oxygen atoms in total. The Morgan fingerprint density at radius 3 is 2.17 bits per heavy atom. The van der Waals surface area contributed by atoms with Gasteiger partial charge in [0.15, 0.2) is 0 Å². The fourth-order valence-electron chi connectivity index (χ4n) is 3.80. The molecule has 0 N–H and O–H groups in total. The Hall–Kier alpha value is -2.25. The summed E-state index contributed by atoms with van der Waals surface area (Å²) in [6.07, 6.45) is 2.39. The van der Waals surface area contributed by atoms with E-state index in [0.29, 0.717) is 0 Å². The maximum absolute atomic E-state index is 2.39. The third-order valence-electron chi connectivity index (χ3n) is 4.71. The quantitative estimate of drug-likeness (QED) is 0.500. The van der Waals surface area contributed by atoms with E-state index in [1.807, 2.05) is 0 Å². The first-order valence-electron chi connectivity index (χ1n) is 8.14. The monoisotopic (exact) mass is 312 g/mol. The van der Waals surface area contributed by atoms with Gasteiger partial charge in [-0.05, 0) is 50.7 Å². The van der Waals surface area contributed by atoms with Gasteiger partial charge in [0.25, 0.3) is 0 Å². The molecule has 112 valence electrons. The molecule has 0 bridgehead atoms. The summed E-state index contributed by atoms with van der Waals surface area (Å²) in [6, 6.07) is 22.1. The fourth-order valence-corrected chi connectivity index (χ4v) is 5.42. The van der Waals surface area contributed by atoms with Crippen LogP contribution in [0, 0.1) is 0 Å². The van der Waals surface area contributed by atoms with Crippen LogP contribution in [0.15, 0.2) is 66.2 Å². The molecule has 0 atom stereocenters. The van der Waals surface area contributed by atoms with Gasteiger partial charge in [-0.15, -0.1) is 0 Å². The molecule has 0 unspecified atom stereocenters. The lowest BCUT2D eigenvalue weighted by Crippen LogP contribution is -2.10. The highest BCUT2D eigenvalue weighted by atomic mass is 28.2. The average Bonchev–Trinajstić information content (AvgIpc) is 2.90. The van der Waals surface area contributed by atoms with E-state index in [2.05, 4.69) is 86.8 Å². The van der Waals surface area contributed by atoms with E-state index in [9.17, 15) is 0 Å². The van der Waals surface area contributed by atoms with Crippen LogP contribution in [0.2, 0.25) is 13.1 Å². The molecule has 0 saturated carbocycles. The van der Waals surface area contributed by atoms with Crippen molar-refractivity contribution in [1.29, 1.82) is 0 Å². The van der Waals surface area contributed by atoms with Crippen LogP contribution >= 0.6 is 0 Å². The van der Waals surface area contributed by atoms with E-state index in [-0.39, 0.29) is 0 Å². The van der Waals surface area contributed by atoms with Crippen LogP contribution in [0.5, 0.6) is 0 Å². The molecule has 0 fully saturated rings. The molecule has 0 spiro atoms. The third-order valence-corrected chi connectivity index (χ3v) is 6.37. The van der Waals surface area contributed by atoms with Crippen LogP contribution in [0.4, 0.5) is 0 Å². The normalized spacial score (nSPS) is 13.2. The van der Waals surface area contributed by atoms with Crippen LogP contribution < -0.4 is 0 Å². The Morgan fingerprint density at radius 2 is 1.35 bits per heavy atom. The van der Waals surface area contributed by atoms with E-state index in [0.717, 1.165) is 0 Å². The summed E-state index contributed by atoms with van der Waals surface area (Å²) < 4.78 is 0. The van der Waals surface area contributed by atoms with Gasteiger partial charge in [0, 0.05) is 8.41 Å². The van der Waals surface area contributed by atoms with Crippen LogP contribution in [0.25, 0.3) is 28.0 Å². The number of hydrogen-bond acceptors (Lipinski definition) is 0. The first kappa shape index (κ1) is 14.3. The predicted octanol–water partition coefficient (Wildman–Crippen LogP) is 5.78. The van der Waals surface area contributed by atoms with E-state index < -0.39 is 8.41 Å². The second-order valence-corrected chi connectivity index (χ2v) is 9.00. The first-order valence-corrected chi connectivity index (χ1v) is 10.6. The molecule has 1 aliphatic rings. The smallest absolute Gasteiger partial charge is 0.0139 e. The van der Waals surface area contributed by atoms with Gasteiger partial charge in [0.2, 0.25) is 0 Å². The molecule has 0 amide bonds. The average molecular weight is 312 g/mol. The van der Waals surface area contributed by atoms with Gasteiger partial charge >= 0.3 is 0 Å². The van der Waals surface area contributed by atoms with Gasteiger partial charge in [0.05, 0.1) is 0 Å². The number of fused-ring (bicyclic) bond motifs is 2. The summed E-state index contributed by atoms with van der Waals surface area (Å²) in [5.74, 6) is 0.